The number of nitrogens with one attached hydrogen (secondary N) is 1. The first kappa shape index (κ1) is 19.0. The molecule has 2 aliphatic rings. The van der Waals surface area contributed by atoms with E-state index in [9.17, 15) is 9.90 Å². The fourth-order valence-corrected chi connectivity index (χ4v) is 4.59. The number of piperidine rings is 1. The molecule has 2 saturated heterocycles. The Morgan fingerprint density at radius 2 is 1.75 bits per heavy atom. The predicted molar refractivity (Wildman–Crippen MR) is 112 cm³/mol. The number of carbonyl (C=O) groups excluding carboxylic acids is 1. The molecular formula is C23H29N3O2. The minimum atomic E-state index is 0.0905. The molecule has 4 rings (SSSR count). The number of para-hydroxylation sites is 1. The van der Waals surface area contributed by atoms with Gasteiger partial charge in [0.2, 0.25) is 0 Å². The summed E-state index contributed by atoms with van der Waals surface area (Å²) in [5.41, 5.74) is 2.51. The van der Waals surface area contributed by atoms with Gasteiger partial charge in [-0.15, -0.1) is 0 Å². The summed E-state index contributed by atoms with van der Waals surface area (Å²) in [5.74, 6) is 0.363. The largest absolute Gasteiger partial charge is 0.507 e. The lowest BCUT2D eigenvalue weighted by Crippen LogP contribution is -2.58. The van der Waals surface area contributed by atoms with Crippen LogP contribution in [-0.4, -0.2) is 66.1 Å². The van der Waals surface area contributed by atoms with Crippen molar-refractivity contribution in [3.8, 4) is 16.9 Å². The number of hydrogen-bond acceptors (Lipinski definition) is 4. The molecule has 2 aromatic rings. The van der Waals surface area contributed by atoms with Crippen LogP contribution < -0.4 is 5.32 Å². The third-order valence-corrected chi connectivity index (χ3v) is 6.38. The van der Waals surface area contributed by atoms with Gasteiger partial charge in [0.05, 0.1) is 0 Å². The summed E-state index contributed by atoms with van der Waals surface area (Å²) in [6.45, 7) is 4.67. The van der Waals surface area contributed by atoms with Gasteiger partial charge in [0.25, 0.3) is 5.91 Å². The summed E-state index contributed by atoms with van der Waals surface area (Å²) in [7, 11) is 2.21. The summed E-state index contributed by atoms with van der Waals surface area (Å²) in [6.07, 6.45) is 3.17. The van der Waals surface area contributed by atoms with Crippen LogP contribution in [0.4, 0.5) is 0 Å². The fourth-order valence-electron chi connectivity index (χ4n) is 4.59. The molecule has 2 fully saturated rings. The number of nitrogens with zero attached hydrogens (tertiary/aromatic N) is 2. The average molecular weight is 380 g/mol. The van der Waals surface area contributed by atoms with Gasteiger partial charge in [-0.1, -0.05) is 30.3 Å². The highest BCUT2D eigenvalue weighted by molar-refractivity contribution is 5.95. The number of likely N-dealkylation sites (N-methyl/N-ethyl adjacent to an activating group) is 1. The first-order valence-corrected chi connectivity index (χ1v) is 10.2. The monoisotopic (exact) mass is 379 g/mol. The second kappa shape index (κ2) is 7.94. The number of amides is 1. The molecule has 2 N–H and O–H groups in total. The highest BCUT2D eigenvalue weighted by Crippen LogP contribution is 2.31. The molecule has 5 nitrogen and oxygen atoms in total. The second-order valence-corrected chi connectivity index (χ2v) is 8.07. The van der Waals surface area contributed by atoms with E-state index >= 15 is 0 Å². The maximum Gasteiger partial charge on any atom is 0.253 e. The molecule has 2 heterocycles. The first-order chi connectivity index (χ1) is 13.6. The van der Waals surface area contributed by atoms with Gasteiger partial charge in [-0.3, -0.25) is 9.69 Å². The van der Waals surface area contributed by atoms with Crippen molar-refractivity contribution >= 4 is 5.91 Å². The van der Waals surface area contributed by atoms with Gasteiger partial charge in [-0.05, 0) is 63.2 Å². The van der Waals surface area contributed by atoms with Crippen molar-refractivity contribution in [2.75, 3.05) is 39.8 Å². The van der Waals surface area contributed by atoms with Crippen LogP contribution in [0.1, 0.15) is 29.6 Å². The van der Waals surface area contributed by atoms with E-state index in [0.29, 0.717) is 5.56 Å². The molecule has 2 aromatic carbocycles. The molecule has 0 unspecified atom stereocenters. The smallest absolute Gasteiger partial charge is 0.253 e. The van der Waals surface area contributed by atoms with Crippen molar-refractivity contribution in [2.45, 2.75) is 24.8 Å². The standard InChI is InChI=1S/C23H29N3O2/c1-25-15-4-16-26(17-23(25)11-13-24-14-12-23)22(28)19-9-7-18(8-10-19)20-5-2-3-6-21(20)27/h2-3,5-10,24,27H,4,11-17H2,1H3. The summed E-state index contributed by atoms with van der Waals surface area (Å²) in [6, 6.07) is 14.9. The summed E-state index contributed by atoms with van der Waals surface area (Å²) >= 11 is 0. The fraction of sp³-hybridized carbons (Fsp3) is 0.435. The van der Waals surface area contributed by atoms with Crippen LogP contribution >= 0.6 is 0 Å². The van der Waals surface area contributed by atoms with Crippen molar-refractivity contribution in [3.63, 3.8) is 0 Å². The molecule has 0 aliphatic carbocycles. The molecular weight excluding hydrogens is 350 g/mol. The molecule has 0 atom stereocenters. The van der Waals surface area contributed by atoms with Crippen molar-refractivity contribution in [1.82, 2.24) is 15.1 Å². The van der Waals surface area contributed by atoms with Crippen molar-refractivity contribution in [2.24, 2.45) is 0 Å². The molecule has 2 aliphatic heterocycles. The number of hydrogen-bond donors (Lipinski definition) is 2. The van der Waals surface area contributed by atoms with Crippen LogP contribution in [0, 0.1) is 0 Å². The van der Waals surface area contributed by atoms with E-state index in [1.165, 1.54) is 0 Å². The molecule has 0 aromatic heterocycles. The number of rotatable bonds is 2. The number of carbonyl (C=O) groups is 1. The zero-order chi connectivity index (χ0) is 19.6. The lowest BCUT2D eigenvalue weighted by Gasteiger charge is -2.45. The van der Waals surface area contributed by atoms with Crippen molar-refractivity contribution < 1.29 is 9.90 Å². The van der Waals surface area contributed by atoms with E-state index in [4.69, 9.17) is 0 Å². The molecule has 148 valence electrons. The Bertz CT molecular complexity index is 828. The molecule has 0 saturated carbocycles. The van der Waals surface area contributed by atoms with Gasteiger partial charge >= 0.3 is 0 Å². The Labute approximate surface area is 167 Å². The third kappa shape index (κ3) is 3.64. The Morgan fingerprint density at radius 3 is 2.46 bits per heavy atom. The van der Waals surface area contributed by atoms with Crippen molar-refractivity contribution in [3.05, 3.63) is 54.1 Å². The second-order valence-electron chi connectivity index (χ2n) is 8.07. The van der Waals surface area contributed by atoms with Crippen LogP contribution in [0.3, 0.4) is 0 Å². The number of phenolic OH excluding ortho intramolecular Hbond substituents is 1. The van der Waals surface area contributed by atoms with Gasteiger partial charge in [0.1, 0.15) is 5.75 Å². The number of phenols is 1. The Kier molecular flexibility index (Phi) is 5.38. The quantitative estimate of drug-likeness (QED) is 0.842. The summed E-state index contributed by atoms with van der Waals surface area (Å²) in [4.78, 5) is 17.8. The van der Waals surface area contributed by atoms with E-state index in [0.717, 1.165) is 63.1 Å². The first-order valence-electron chi connectivity index (χ1n) is 10.2. The maximum atomic E-state index is 13.2. The van der Waals surface area contributed by atoms with Crippen molar-refractivity contribution in [1.29, 1.82) is 0 Å². The van der Waals surface area contributed by atoms with Gasteiger partial charge in [-0.2, -0.15) is 0 Å². The number of benzene rings is 2. The van der Waals surface area contributed by atoms with Gasteiger partial charge in [0, 0.05) is 36.3 Å². The molecule has 5 heteroatoms. The maximum absolute atomic E-state index is 13.2. The summed E-state index contributed by atoms with van der Waals surface area (Å²) in [5, 5.41) is 13.5. The van der Waals surface area contributed by atoms with Gasteiger partial charge in [-0.25, -0.2) is 0 Å². The predicted octanol–water partition coefficient (Wildman–Crippen LogP) is 2.96. The average Bonchev–Trinajstić information content (AvgIpc) is 2.88. The van der Waals surface area contributed by atoms with Crippen LogP contribution in [0.25, 0.3) is 11.1 Å². The van der Waals surface area contributed by atoms with E-state index in [1.54, 1.807) is 6.07 Å². The molecule has 0 bridgehead atoms. The van der Waals surface area contributed by atoms with Crippen LogP contribution in [0.5, 0.6) is 5.75 Å². The summed E-state index contributed by atoms with van der Waals surface area (Å²) < 4.78 is 0. The zero-order valence-electron chi connectivity index (χ0n) is 16.5. The highest BCUT2D eigenvalue weighted by Gasteiger charge is 2.40. The van der Waals surface area contributed by atoms with Crippen LogP contribution in [0.15, 0.2) is 48.5 Å². The van der Waals surface area contributed by atoms with Crippen LogP contribution in [0.2, 0.25) is 0 Å². The Balaban J connectivity index is 1.54. The Morgan fingerprint density at radius 1 is 1.04 bits per heavy atom. The lowest BCUT2D eigenvalue weighted by atomic mass is 9.86. The lowest BCUT2D eigenvalue weighted by molar-refractivity contribution is 0.0507. The molecule has 28 heavy (non-hydrogen) atoms. The third-order valence-electron chi connectivity index (χ3n) is 6.38. The number of aromatic hydroxyl groups is 1. The minimum absolute atomic E-state index is 0.0905. The van der Waals surface area contributed by atoms with E-state index in [2.05, 4.69) is 17.3 Å². The topological polar surface area (TPSA) is 55.8 Å². The van der Waals surface area contributed by atoms with Gasteiger partial charge in [0.15, 0.2) is 0 Å². The minimum Gasteiger partial charge on any atom is -0.507 e. The molecule has 1 spiro atoms. The highest BCUT2D eigenvalue weighted by atomic mass is 16.3. The van der Waals surface area contributed by atoms with E-state index < -0.39 is 0 Å². The zero-order valence-corrected chi connectivity index (χ0v) is 16.5. The van der Waals surface area contributed by atoms with Crippen LogP contribution in [-0.2, 0) is 0 Å². The van der Waals surface area contributed by atoms with E-state index in [-0.39, 0.29) is 17.2 Å². The molecule has 1 amide bonds. The van der Waals surface area contributed by atoms with Gasteiger partial charge < -0.3 is 15.3 Å². The molecule has 0 radical (unpaired) electrons. The normalized spacial score (nSPS) is 20.1. The van der Waals surface area contributed by atoms with E-state index in [1.807, 2.05) is 47.4 Å². The Hall–Kier alpha value is -2.37. The SMILES string of the molecule is CN1CCCN(C(=O)c2ccc(-c3ccccc3O)cc2)CC12CCNCC2.